The highest BCUT2D eigenvalue weighted by atomic mass is 35.5. The van der Waals surface area contributed by atoms with E-state index < -0.39 is 22.5 Å². The van der Waals surface area contributed by atoms with Crippen molar-refractivity contribution < 1.29 is 14.1 Å². The van der Waals surface area contributed by atoms with Crippen molar-refractivity contribution in [1.82, 2.24) is 9.97 Å². The van der Waals surface area contributed by atoms with E-state index in [1.165, 1.54) is 10.4 Å². The molecule has 158 valence electrons. The number of aromatic nitrogens is 2. The Morgan fingerprint density at radius 3 is 2.77 bits per heavy atom. The van der Waals surface area contributed by atoms with Crippen molar-refractivity contribution in [2.45, 2.75) is 38.0 Å². The Morgan fingerprint density at radius 1 is 1.20 bits per heavy atom. The van der Waals surface area contributed by atoms with E-state index in [1.54, 1.807) is 23.5 Å². The van der Waals surface area contributed by atoms with Crippen LogP contribution < -0.4 is 10.4 Å². The number of benzene rings is 1. The van der Waals surface area contributed by atoms with Crippen LogP contribution in [0.3, 0.4) is 0 Å². The number of carbonyl (C=O) groups excluding carboxylic acids is 1. The van der Waals surface area contributed by atoms with Crippen molar-refractivity contribution in [2.24, 2.45) is 0 Å². The van der Waals surface area contributed by atoms with E-state index in [-0.39, 0.29) is 5.75 Å². The minimum absolute atomic E-state index is 0.0338. The zero-order valence-corrected chi connectivity index (χ0v) is 19.0. The van der Waals surface area contributed by atoms with Crippen LogP contribution in [-0.2, 0) is 40.7 Å². The fraction of sp³-hybridized carbons (Fsp3) is 0.350. The lowest BCUT2D eigenvalue weighted by molar-refractivity contribution is -0.301. The van der Waals surface area contributed by atoms with Crippen molar-refractivity contribution in [1.29, 1.82) is 0 Å². The van der Waals surface area contributed by atoms with E-state index in [0.717, 1.165) is 41.5 Å². The summed E-state index contributed by atoms with van der Waals surface area (Å²) in [5.74, 6) is -0.885. The van der Waals surface area contributed by atoms with Crippen LogP contribution in [-0.4, -0.2) is 25.9 Å². The number of nitrogens with zero attached hydrogens (tertiary/aromatic N) is 2. The number of carboxylic acids is 1. The molecule has 3 aromatic rings. The third-order valence-electron chi connectivity index (χ3n) is 4.87. The molecule has 1 aliphatic rings. The summed E-state index contributed by atoms with van der Waals surface area (Å²) in [6, 6.07) is 5.43. The van der Waals surface area contributed by atoms with Gasteiger partial charge in [0.15, 0.2) is 0 Å². The topological polar surface area (TPSA) is 95.0 Å². The van der Waals surface area contributed by atoms with E-state index in [9.17, 15) is 14.1 Å². The normalized spacial score (nSPS) is 14.5. The molecule has 1 N–H and O–H groups in total. The minimum Gasteiger partial charge on any atom is -0.549 e. The van der Waals surface area contributed by atoms with Gasteiger partial charge in [-0.25, -0.2) is 9.97 Å². The standard InChI is InChI=1S/C20H19Cl2N3O3S2/c21-13-6-5-11(7-14(13)22)8-23-19-18-12-3-1-2-4-15(12)29-20(18)25-16(24-19)9-30(28)10-17(26)27/h5-7H,1-4,8-10H2,(H,26,27)(H,23,24,25)/p-1. The van der Waals surface area contributed by atoms with E-state index in [2.05, 4.69) is 15.3 Å². The van der Waals surface area contributed by atoms with Gasteiger partial charge in [-0.2, -0.15) is 0 Å². The molecule has 30 heavy (non-hydrogen) atoms. The fourth-order valence-electron chi connectivity index (χ4n) is 3.56. The van der Waals surface area contributed by atoms with Crippen LogP contribution in [0.2, 0.25) is 10.0 Å². The second-order valence-corrected chi connectivity index (χ2v) is 10.4. The first-order valence-electron chi connectivity index (χ1n) is 9.44. The van der Waals surface area contributed by atoms with Crippen molar-refractivity contribution in [3.05, 3.63) is 50.1 Å². The second kappa shape index (κ2) is 9.18. The molecule has 1 atom stereocenters. The van der Waals surface area contributed by atoms with Gasteiger partial charge in [0.2, 0.25) is 0 Å². The molecule has 0 saturated heterocycles. The number of thiophene rings is 1. The molecule has 0 radical (unpaired) electrons. The minimum atomic E-state index is -1.63. The summed E-state index contributed by atoms with van der Waals surface area (Å²) in [4.78, 5) is 22.1. The molecule has 0 fully saturated rings. The number of rotatable bonds is 7. The van der Waals surface area contributed by atoms with Crippen molar-refractivity contribution >= 4 is 67.3 Å². The average molecular weight is 483 g/mol. The molecule has 0 bridgehead atoms. The zero-order valence-electron chi connectivity index (χ0n) is 15.9. The lowest BCUT2D eigenvalue weighted by Crippen LogP contribution is -2.28. The molecular formula is C20H18Cl2N3O3S2-. The first-order valence-corrected chi connectivity index (χ1v) is 12.5. The Morgan fingerprint density at radius 2 is 2.00 bits per heavy atom. The van der Waals surface area contributed by atoms with Crippen LogP contribution in [0.5, 0.6) is 0 Å². The first-order chi connectivity index (χ1) is 14.4. The highest BCUT2D eigenvalue weighted by Crippen LogP contribution is 2.39. The number of fused-ring (bicyclic) bond motifs is 3. The Hall–Kier alpha value is -1.74. The molecule has 1 unspecified atom stereocenters. The molecule has 1 aliphatic carbocycles. The lowest BCUT2D eigenvalue weighted by Gasteiger charge is -2.14. The molecule has 2 aromatic heterocycles. The van der Waals surface area contributed by atoms with Crippen LogP contribution in [0.15, 0.2) is 18.2 Å². The van der Waals surface area contributed by atoms with Gasteiger partial charge in [-0.05, 0) is 48.9 Å². The summed E-state index contributed by atoms with van der Waals surface area (Å²) in [6.45, 7) is 0.481. The van der Waals surface area contributed by atoms with Gasteiger partial charge < -0.3 is 15.2 Å². The summed E-state index contributed by atoms with van der Waals surface area (Å²) < 4.78 is 12.1. The molecule has 0 aliphatic heterocycles. The number of halogens is 2. The maximum absolute atomic E-state index is 12.1. The van der Waals surface area contributed by atoms with Crippen LogP contribution in [0.25, 0.3) is 10.2 Å². The van der Waals surface area contributed by atoms with E-state index >= 15 is 0 Å². The van der Waals surface area contributed by atoms with E-state index in [1.807, 2.05) is 6.07 Å². The van der Waals surface area contributed by atoms with Crippen LogP contribution in [0.4, 0.5) is 5.82 Å². The maximum atomic E-state index is 12.1. The number of hydrogen-bond acceptors (Lipinski definition) is 7. The van der Waals surface area contributed by atoms with Gasteiger partial charge in [-0.15, -0.1) is 11.3 Å². The highest BCUT2D eigenvalue weighted by Gasteiger charge is 2.21. The SMILES string of the molecule is O=C([O-])CS(=O)Cc1nc(NCc2ccc(Cl)c(Cl)c2)c2c3c(sc2n1)CCCC3. The van der Waals surface area contributed by atoms with Gasteiger partial charge in [-0.3, -0.25) is 4.21 Å². The summed E-state index contributed by atoms with van der Waals surface area (Å²) in [5, 5.41) is 16.1. The fourth-order valence-corrected chi connectivity index (χ4v) is 5.94. The van der Waals surface area contributed by atoms with Crippen molar-refractivity contribution in [2.75, 3.05) is 11.1 Å². The molecule has 10 heteroatoms. The molecule has 2 heterocycles. The number of carbonyl (C=O) groups is 1. The van der Waals surface area contributed by atoms with Gasteiger partial charge in [-0.1, -0.05) is 29.3 Å². The Balaban J connectivity index is 1.68. The molecule has 1 aromatic carbocycles. The average Bonchev–Trinajstić information content (AvgIpc) is 3.06. The van der Waals surface area contributed by atoms with Gasteiger partial charge in [0, 0.05) is 22.2 Å². The smallest absolute Gasteiger partial charge is 0.144 e. The Bertz CT molecular complexity index is 1150. The summed E-state index contributed by atoms with van der Waals surface area (Å²) >= 11 is 13.8. The summed E-state index contributed by atoms with van der Waals surface area (Å²) in [7, 11) is -1.63. The monoisotopic (exact) mass is 482 g/mol. The third kappa shape index (κ3) is 4.77. The van der Waals surface area contributed by atoms with Crippen LogP contribution in [0.1, 0.15) is 34.7 Å². The number of aliphatic carboxylic acids is 1. The zero-order chi connectivity index (χ0) is 21.3. The maximum Gasteiger partial charge on any atom is 0.144 e. The molecular weight excluding hydrogens is 465 g/mol. The second-order valence-electron chi connectivity index (χ2n) is 7.08. The van der Waals surface area contributed by atoms with Gasteiger partial charge in [0.1, 0.15) is 16.5 Å². The van der Waals surface area contributed by atoms with E-state index in [0.29, 0.717) is 28.2 Å². The van der Waals surface area contributed by atoms with Gasteiger partial charge >= 0.3 is 0 Å². The van der Waals surface area contributed by atoms with Crippen molar-refractivity contribution in [3.63, 3.8) is 0 Å². The predicted molar refractivity (Wildman–Crippen MR) is 120 cm³/mol. The molecule has 4 rings (SSSR count). The Kier molecular flexibility index (Phi) is 6.57. The molecule has 0 spiro atoms. The number of hydrogen-bond donors (Lipinski definition) is 1. The Labute approximate surface area is 190 Å². The van der Waals surface area contributed by atoms with Crippen LogP contribution >= 0.6 is 34.5 Å². The van der Waals surface area contributed by atoms with Crippen LogP contribution in [0, 0.1) is 0 Å². The van der Waals surface area contributed by atoms with E-state index in [4.69, 9.17) is 23.2 Å². The summed E-state index contributed by atoms with van der Waals surface area (Å²) in [5.41, 5.74) is 2.22. The van der Waals surface area contributed by atoms with Crippen molar-refractivity contribution in [3.8, 4) is 0 Å². The summed E-state index contributed by atoms with van der Waals surface area (Å²) in [6.07, 6.45) is 4.29. The highest BCUT2D eigenvalue weighted by molar-refractivity contribution is 7.84. The number of carboxylic acid groups (broad SMARTS) is 1. The lowest BCUT2D eigenvalue weighted by atomic mass is 9.97. The quantitative estimate of drug-likeness (QED) is 0.553. The van der Waals surface area contributed by atoms with Gasteiger partial charge in [0.25, 0.3) is 0 Å². The number of anilines is 1. The van der Waals surface area contributed by atoms with Gasteiger partial charge in [0.05, 0.1) is 32.9 Å². The molecule has 0 amide bonds. The predicted octanol–water partition coefficient (Wildman–Crippen LogP) is 3.49. The number of aryl methyl sites for hydroxylation is 2. The first kappa shape index (κ1) is 21.5. The molecule has 6 nitrogen and oxygen atoms in total. The molecule has 0 saturated carbocycles. The largest absolute Gasteiger partial charge is 0.549 e. The number of nitrogens with one attached hydrogen (secondary N) is 1. The third-order valence-corrected chi connectivity index (χ3v) is 7.94.